The van der Waals surface area contributed by atoms with Gasteiger partial charge in [-0.05, 0) is 49.2 Å². The molecule has 0 saturated carbocycles. The van der Waals surface area contributed by atoms with Gasteiger partial charge in [0.2, 0.25) is 18.1 Å². The second kappa shape index (κ2) is 14.6. The maximum Gasteiger partial charge on any atom is 0.349 e. The van der Waals surface area contributed by atoms with Crippen molar-refractivity contribution in [3.05, 3.63) is 101 Å². The van der Waals surface area contributed by atoms with Crippen molar-refractivity contribution in [2.75, 3.05) is 11.9 Å². The molecule has 0 spiro atoms. The van der Waals surface area contributed by atoms with E-state index in [1.165, 1.54) is 12.1 Å². The fraction of sp³-hybridized carbons (Fsp3) is 0.179. The van der Waals surface area contributed by atoms with Crippen LogP contribution in [0.15, 0.2) is 78.9 Å². The average molecular weight is 537 g/mol. The number of anilines is 1. The molecule has 0 aliphatic rings. The van der Waals surface area contributed by atoms with Crippen molar-refractivity contribution >= 4 is 35.5 Å². The lowest BCUT2D eigenvalue weighted by Gasteiger charge is -2.21. The van der Waals surface area contributed by atoms with Gasteiger partial charge in [0, 0.05) is 5.69 Å². The maximum absolute atomic E-state index is 12.3. The second-order valence-electron chi connectivity index (χ2n) is 8.08. The lowest BCUT2D eigenvalue weighted by Crippen LogP contribution is -2.46. The highest BCUT2D eigenvalue weighted by Gasteiger charge is 2.41. The zero-order valence-corrected chi connectivity index (χ0v) is 21.2. The van der Waals surface area contributed by atoms with Gasteiger partial charge in [-0.2, -0.15) is 0 Å². The Labute approximate surface area is 224 Å². The van der Waals surface area contributed by atoms with Gasteiger partial charge < -0.3 is 30.7 Å². The lowest BCUT2D eigenvalue weighted by molar-refractivity contribution is -0.166. The molecule has 204 valence electrons. The number of carbonyl (C=O) groups excluding carboxylic acids is 3. The predicted molar refractivity (Wildman–Crippen MR) is 140 cm³/mol. The molecule has 3 aromatic carbocycles. The van der Waals surface area contributed by atoms with E-state index in [1.807, 2.05) is 30.3 Å². The van der Waals surface area contributed by atoms with E-state index in [0.29, 0.717) is 11.1 Å². The number of ether oxygens (including phenoxy) is 2. The van der Waals surface area contributed by atoms with E-state index in [2.05, 4.69) is 5.32 Å². The van der Waals surface area contributed by atoms with Crippen LogP contribution in [0, 0.1) is 13.8 Å². The topological polar surface area (TPSA) is 182 Å². The Hall–Kier alpha value is -5.03. The van der Waals surface area contributed by atoms with E-state index in [4.69, 9.17) is 15.2 Å². The van der Waals surface area contributed by atoms with Crippen LogP contribution in [0.1, 0.15) is 31.8 Å². The Kier molecular flexibility index (Phi) is 11.3. The number of aliphatic carboxylic acids is 2. The molecule has 0 radical (unpaired) electrons. The van der Waals surface area contributed by atoms with E-state index in [-0.39, 0.29) is 23.6 Å². The average Bonchev–Trinajstić information content (AvgIpc) is 2.91. The zero-order valence-electron chi connectivity index (χ0n) is 21.2. The highest BCUT2D eigenvalue weighted by Crippen LogP contribution is 2.16. The van der Waals surface area contributed by atoms with E-state index >= 15 is 0 Å². The molecule has 0 bridgehead atoms. The molecule has 0 aliphatic heterocycles. The summed E-state index contributed by atoms with van der Waals surface area (Å²) in [6, 6.07) is 21.7. The Morgan fingerprint density at radius 2 is 1.08 bits per heavy atom. The molecule has 0 heterocycles. The van der Waals surface area contributed by atoms with Crippen LogP contribution in [-0.4, -0.2) is 58.8 Å². The Balaban J connectivity index is 0.000000404. The van der Waals surface area contributed by atoms with Crippen LogP contribution in [0.5, 0.6) is 0 Å². The van der Waals surface area contributed by atoms with Gasteiger partial charge in [0.05, 0.1) is 17.7 Å². The first-order valence-electron chi connectivity index (χ1n) is 11.6. The molecule has 2 atom stereocenters. The number of para-hydroxylation sites is 1. The summed E-state index contributed by atoms with van der Waals surface area (Å²) in [6.07, 6.45) is -4.45. The van der Waals surface area contributed by atoms with E-state index in [0.717, 1.165) is 5.69 Å². The van der Waals surface area contributed by atoms with Gasteiger partial charge in [-0.25, -0.2) is 19.2 Å². The Bertz CT molecular complexity index is 1250. The van der Waals surface area contributed by atoms with E-state index < -0.39 is 36.1 Å². The predicted octanol–water partition coefficient (Wildman–Crippen LogP) is 2.81. The second-order valence-corrected chi connectivity index (χ2v) is 8.08. The normalized spacial score (nSPS) is 11.6. The fourth-order valence-corrected chi connectivity index (χ4v) is 3.18. The molecule has 0 aliphatic carbocycles. The minimum Gasteiger partial charge on any atom is -0.478 e. The third kappa shape index (κ3) is 9.09. The van der Waals surface area contributed by atoms with Crippen molar-refractivity contribution in [3.63, 3.8) is 0 Å². The highest BCUT2D eigenvalue weighted by atomic mass is 16.6. The molecule has 0 saturated heterocycles. The smallest absolute Gasteiger partial charge is 0.349 e. The monoisotopic (exact) mass is 536 g/mol. The number of hydrogen-bond donors (Lipinski definition) is 4. The number of nitrogens with one attached hydrogen (secondary N) is 1. The molecule has 0 unspecified atom stereocenters. The number of aryl methyl sites for hydroxylation is 2. The summed E-state index contributed by atoms with van der Waals surface area (Å²) in [5, 5.41) is 21.4. The molecule has 3 rings (SSSR count). The highest BCUT2D eigenvalue weighted by molar-refractivity contribution is 5.96. The summed E-state index contributed by atoms with van der Waals surface area (Å²) in [4.78, 5) is 58.4. The summed E-state index contributed by atoms with van der Waals surface area (Å²) in [6.45, 7) is 3.24. The third-order valence-corrected chi connectivity index (χ3v) is 5.20. The van der Waals surface area contributed by atoms with E-state index in [1.54, 1.807) is 50.2 Å². The Morgan fingerprint density at radius 1 is 0.692 bits per heavy atom. The minimum absolute atomic E-state index is 0.0227. The number of hydrogen-bond acceptors (Lipinski definition) is 8. The first kappa shape index (κ1) is 30.2. The van der Waals surface area contributed by atoms with Crippen LogP contribution in [0.25, 0.3) is 0 Å². The standard InChI is InChI=1S/C20H18O8.C8H10N2O/c1-11-7-3-5-9-13(11)19(25)27-15(17(21)22)16(18(23)24)28-20(26)14-10-6-4-8-12(14)2;9-6-8(11)10-7-4-2-1-3-5-7/h3-10,15-16H,1-2H3,(H,21,22)(H,23,24);1-5H,6,9H2,(H,10,11)/t15-,16-;/m1./s1. The molecule has 0 fully saturated rings. The molecule has 5 N–H and O–H groups in total. The van der Waals surface area contributed by atoms with Gasteiger partial charge in [0.1, 0.15) is 0 Å². The van der Waals surface area contributed by atoms with Crippen LogP contribution in [0.2, 0.25) is 0 Å². The summed E-state index contributed by atoms with van der Waals surface area (Å²) in [7, 11) is 0. The molecule has 3 aromatic rings. The van der Waals surface area contributed by atoms with Crippen LogP contribution in [0.4, 0.5) is 5.69 Å². The van der Waals surface area contributed by atoms with Gasteiger partial charge in [0.15, 0.2) is 0 Å². The van der Waals surface area contributed by atoms with Crippen molar-refractivity contribution < 1.29 is 43.7 Å². The number of carbonyl (C=O) groups is 5. The minimum atomic E-state index is -2.22. The van der Waals surface area contributed by atoms with Gasteiger partial charge in [-0.15, -0.1) is 0 Å². The largest absolute Gasteiger partial charge is 0.478 e. The molecule has 11 heteroatoms. The number of carboxylic acid groups (broad SMARTS) is 2. The molecular weight excluding hydrogens is 508 g/mol. The SMILES string of the molecule is Cc1ccccc1C(=O)O[C@@H](C(=O)O)[C@@H](OC(=O)c1ccccc1C)C(=O)O.NCC(=O)Nc1ccccc1. The van der Waals surface area contributed by atoms with Gasteiger partial charge in [0.25, 0.3) is 0 Å². The number of rotatable bonds is 9. The van der Waals surface area contributed by atoms with Crippen molar-refractivity contribution in [2.45, 2.75) is 26.1 Å². The van der Waals surface area contributed by atoms with E-state index in [9.17, 15) is 34.2 Å². The molecule has 11 nitrogen and oxygen atoms in total. The summed E-state index contributed by atoms with van der Waals surface area (Å²) in [5.74, 6) is -5.76. The summed E-state index contributed by atoms with van der Waals surface area (Å²) >= 11 is 0. The molecular formula is C28H28N2O9. The van der Waals surface area contributed by atoms with Gasteiger partial charge in [-0.3, -0.25) is 4.79 Å². The van der Waals surface area contributed by atoms with Crippen molar-refractivity contribution in [2.24, 2.45) is 5.73 Å². The Morgan fingerprint density at radius 3 is 1.44 bits per heavy atom. The number of esters is 2. The molecule has 0 aromatic heterocycles. The van der Waals surface area contributed by atoms with Crippen LogP contribution in [0.3, 0.4) is 0 Å². The van der Waals surface area contributed by atoms with Gasteiger partial charge >= 0.3 is 23.9 Å². The van der Waals surface area contributed by atoms with Crippen molar-refractivity contribution in [1.82, 2.24) is 0 Å². The third-order valence-electron chi connectivity index (χ3n) is 5.20. The molecule has 1 amide bonds. The molecule has 39 heavy (non-hydrogen) atoms. The number of carboxylic acids is 2. The first-order valence-corrected chi connectivity index (χ1v) is 11.6. The number of benzene rings is 3. The quantitative estimate of drug-likeness (QED) is 0.297. The first-order chi connectivity index (χ1) is 18.5. The van der Waals surface area contributed by atoms with Crippen molar-refractivity contribution in [3.8, 4) is 0 Å². The number of amides is 1. The van der Waals surface area contributed by atoms with Gasteiger partial charge in [-0.1, -0.05) is 54.6 Å². The van der Waals surface area contributed by atoms with Crippen LogP contribution >= 0.6 is 0 Å². The summed E-state index contributed by atoms with van der Waals surface area (Å²) in [5.41, 5.74) is 7.06. The fourth-order valence-electron chi connectivity index (χ4n) is 3.18. The van der Waals surface area contributed by atoms with Crippen LogP contribution < -0.4 is 11.1 Å². The maximum atomic E-state index is 12.3. The van der Waals surface area contributed by atoms with Crippen molar-refractivity contribution in [1.29, 1.82) is 0 Å². The zero-order chi connectivity index (χ0) is 28.9. The van der Waals surface area contributed by atoms with Crippen LogP contribution in [-0.2, 0) is 23.9 Å². The summed E-state index contributed by atoms with van der Waals surface area (Å²) < 4.78 is 9.75. The number of nitrogens with two attached hydrogens (primary N) is 1. The lowest BCUT2D eigenvalue weighted by atomic mass is 10.1.